The highest BCUT2D eigenvalue weighted by Gasteiger charge is 2.30. The molecule has 0 aromatic rings. The standard InChI is InChI=1S/C14H24N2O2/c1-12(14(18)15-7-3-2-4-8-15)16-9-5-6-13(10-16)11-17/h11-13H,2-10H2,1H3. The van der Waals surface area contributed by atoms with Crippen LogP contribution in [0.25, 0.3) is 0 Å². The van der Waals surface area contributed by atoms with Crippen LogP contribution in [-0.2, 0) is 9.59 Å². The maximum atomic E-state index is 12.4. The molecule has 0 aromatic carbocycles. The third kappa shape index (κ3) is 3.10. The lowest BCUT2D eigenvalue weighted by Crippen LogP contribution is -2.51. The normalized spacial score (nSPS) is 27.8. The van der Waals surface area contributed by atoms with Gasteiger partial charge in [0.1, 0.15) is 6.29 Å². The largest absolute Gasteiger partial charge is 0.341 e. The van der Waals surface area contributed by atoms with Crippen LogP contribution in [0.2, 0.25) is 0 Å². The van der Waals surface area contributed by atoms with Gasteiger partial charge in [0.15, 0.2) is 0 Å². The van der Waals surface area contributed by atoms with E-state index in [9.17, 15) is 9.59 Å². The third-order valence-corrected chi connectivity index (χ3v) is 4.25. The molecule has 2 aliphatic heterocycles. The fourth-order valence-electron chi connectivity index (χ4n) is 3.04. The Hall–Kier alpha value is -0.900. The third-order valence-electron chi connectivity index (χ3n) is 4.25. The Balaban J connectivity index is 1.90. The molecule has 2 heterocycles. The number of hydrogen-bond donors (Lipinski definition) is 0. The molecule has 2 atom stereocenters. The smallest absolute Gasteiger partial charge is 0.239 e. The molecule has 1 amide bonds. The molecule has 0 radical (unpaired) electrons. The molecule has 4 nitrogen and oxygen atoms in total. The molecule has 0 N–H and O–H groups in total. The van der Waals surface area contributed by atoms with Gasteiger partial charge >= 0.3 is 0 Å². The summed E-state index contributed by atoms with van der Waals surface area (Å²) in [6, 6.07) is -0.0640. The van der Waals surface area contributed by atoms with Gasteiger partial charge in [0.2, 0.25) is 5.91 Å². The highest BCUT2D eigenvalue weighted by molar-refractivity contribution is 5.81. The molecule has 2 rings (SSSR count). The summed E-state index contributed by atoms with van der Waals surface area (Å²) in [6.07, 6.45) is 6.57. The quantitative estimate of drug-likeness (QED) is 0.711. The zero-order valence-corrected chi connectivity index (χ0v) is 11.3. The molecule has 102 valence electrons. The van der Waals surface area contributed by atoms with Crippen molar-refractivity contribution >= 4 is 12.2 Å². The van der Waals surface area contributed by atoms with Crippen LogP contribution >= 0.6 is 0 Å². The molecule has 0 aliphatic carbocycles. The van der Waals surface area contributed by atoms with E-state index >= 15 is 0 Å². The molecular weight excluding hydrogens is 228 g/mol. The zero-order valence-electron chi connectivity index (χ0n) is 11.3. The van der Waals surface area contributed by atoms with E-state index in [0.29, 0.717) is 0 Å². The predicted molar refractivity (Wildman–Crippen MR) is 70.3 cm³/mol. The average molecular weight is 252 g/mol. The van der Waals surface area contributed by atoms with E-state index in [4.69, 9.17) is 0 Å². The summed E-state index contributed by atoms with van der Waals surface area (Å²) in [6.45, 7) is 5.52. The molecule has 2 aliphatic rings. The monoisotopic (exact) mass is 252 g/mol. The van der Waals surface area contributed by atoms with Gasteiger partial charge in [-0.3, -0.25) is 9.69 Å². The van der Waals surface area contributed by atoms with Gasteiger partial charge in [-0.1, -0.05) is 0 Å². The molecule has 0 saturated carbocycles. The van der Waals surface area contributed by atoms with Gasteiger partial charge in [0.05, 0.1) is 6.04 Å². The number of carbonyl (C=O) groups is 2. The summed E-state index contributed by atoms with van der Waals surface area (Å²) in [4.78, 5) is 27.4. The van der Waals surface area contributed by atoms with Gasteiger partial charge in [-0.05, 0) is 45.6 Å². The maximum absolute atomic E-state index is 12.4. The van der Waals surface area contributed by atoms with E-state index in [1.807, 2.05) is 11.8 Å². The van der Waals surface area contributed by atoms with Crippen molar-refractivity contribution in [2.24, 2.45) is 5.92 Å². The SMILES string of the molecule is CC(C(=O)N1CCCCC1)N1CCCC(C=O)C1. The highest BCUT2D eigenvalue weighted by Crippen LogP contribution is 2.19. The Kier molecular flexibility index (Phi) is 4.75. The van der Waals surface area contributed by atoms with Crippen molar-refractivity contribution in [3.05, 3.63) is 0 Å². The van der Waals surface area contributed by atoms with E-state index in [0.717, 1.165) is 58.1 Å². The highest BCUT2D eigenvalue weighted by atomic mass is 16.2. The summed E-state index contributed by atoms with van der Waals surface area (Å²) < 4.78 is 0. The molecule has 2 unspecified atom stereocenters. The van der Waals surface area contributed by atoms with Crippen LogP contribution in [0.3, 0.4) is 0 Å². The topological polar surface area (TPSA) is 40.6 Å². The van der Waals surface area contributed by atoms with Gasteiger partial charge < -0.3 is 9.69 Å². The van der Waals surface area contributed by atoms with Gasteiger partial charge in [-0.15, -0.1) is 0 Å². The van der Waals surface area contributed by atoms with E-state index < -0.39 is 0 Å². The van der Waals surface area contributed by atoms with E-state index in [-0.39, 0.29) is 17.9 Å². The number of rotatable bonds is 3. The molecule has 0 aromatic heterocycles. The van der Waals surface area contributed by atoms with E-state index in [2.05, 4.69) is 4.90 Å². The Morgan fingerprint density at radius 2 is 1.89 bits per heavy atom. The molecule has 2 saturated heterocycles. The number of piperidine rings is 2. The lowest BCUT2D eigenvalue weighted by atomic mass is 9.98. The summed E-state index contributed by atoms with van der Waals surface area (Å²) in [5, 5.41) is 0. The average Bonchev–Trinajstić information content (AvgIpc) is 2.46. The molecule has 0 spiro atoms. The van der Waals surface area contributed by atoms with Crippen molar-refractivity contribution in [1.82, 2.24) is 9.80 Å². The number of likely N-dealkylation sites (tertiary alicyclic amines) is 2. The first kappa shape index (κ1) is 13.5. The van der Waals surface area contributed by atoms with Gasteiger partial charge in [0, 0.05) is 25.6 Å². The van der Waals surface area contributed by atoms with Crippen molar-refractivity contribution < 1.29 is 9.59 Å². The molecule has 18 heavy (non-hydrogen) atoms. The van der Waals surface area contributed by atoms with E-state index in [1.165, 1.54) is 6.42 Å². The molecule has 0 bridgehead atoms. The second-order valence-corrected chi connectivity index (χ2v) is 5.60. The fraction of sp³-hybridized carbons (Fsp3) is 0.857. The lowest BCUT2D eigenvalue weighted by Gasteiger charge is -2.37. The number of carbonyl (C=O) groups excluding carboxylic acids is 2. The first-order valence-corrected chi connectivity index (χ1v) is 7.20. The van der Waals surface area contributed by atoms with Gasteiger partial charge in [-0.2, -0.15) is 0 Å². The summed E-state index contributed by atoms with van der Waals surface area (Å²) >= 11 is 0. The Labute approximate surface area is 109 Å². The van der Waals surface area contributed by atoms with Gasteiger partial charge in [0.25, 0.3) is 0 Å². The Morgan fingerprint density at radius 1 is 1.17 bits per heavy atom. The van der Waals surface area contributed by atoms with Crippen molar-refractivity contribution in [2.45, 2.75) is 45.1 Å². The number of amides is 1. The molecule has 4 heteroatoms. The Bertz CT molecular complexity index is 300. The molecule has 2 fully saturated rings. The number of hydrogen-bond acceptors (Lipinski definition) is 3. The summed E-state index contributed by atoms with van der Waals surface area (Å²) in [7, 11) is 0. The number of aldehydes is 1. The minimum absolute atomic E-state index is 0.0640. The van der Waals surface area contributed by atoms with Gasteiger partial charge in [-0.25, -0.2) is 0 Å². The van der Waals surface area contributed by atoms with Crippen molar-refractivity contribution in [1.29, 1.82) is 0 Å². The number of nitrogens with zero attached hydrogens (tertiary/aromatic N) is 2. The Morgan fingerprint density at radius 3 is 2.56 bits per heavy atom. The van der Waals surface area contributed by atoms with Crippen molar-refractivity contribution in [3.63, 3.8) is 0 Å². The van der Waals surface area contributed by atoms with Crippen LogP contribution in [0.15, 0.2) is 0 Å². The van der Waals surface area contributed by atoms with Crippen LogP contribution in [-0.4, -0.2) is 54.2 Å². The van der Waals surface area contributed by atoms with Crippen LogP contribution in [0.1, 0.15) is 39.0 Å². The van der Waals surface area contributed by atoms with Crippen LogP contribution in [0.4, 0.5) is 0 Å². The fourth-order valence-corrected chi connectivity index (χ4v) is 3.04. The van der Waals surface area contributed by atoms with E-state index in [1.54, 1.807) is 0 Å². The van der Waals surface area contributed by atoms with Crippen LogP contribution in [0.5, 0.6) is 0 Å². The minimum atomic E-state index is -0.0640. The van der Waals surface area contributed by atoms with Crippen LogP contribution in [0, 0.1) is 5.92 Å². The first-order chi connectivity index (χ1) is 8.72. The first-order valence-electron chi connectivity index (χ1n) is 7.20. The lowest BCUT2D eigenvalue weighted by molar-refractivity contribution is -0.138. The minimum Gasteiger partial charge on any atom is -0.341 e. The second-order valence-electron chi connectivity index (χ2n) is 5.60. The predicted octanol–water partition coefficient (Wildman–Crippen LogP) is 1.30. The maximum Gasteiger partial charge on any atom is 0.239 e. The summed E-state index contributed by atoms with van der Waals surface area (Å²) in [5.41, 5.74) is 0. The van der Waals surface area contributed by atoms with Crippen LogP contribution < -0.4 is 0 Å². The zero-order chi connectivity index (χ0) is 13.0. The second kappa shape index (κ2) is 6.32. The molecular formula is C14H24N2O2. The summed E-state index contributed by atoms with van der Waals surface area (Å²) in [5.74, 6) is 0.372. The van der Waals surface area contributed by atoms with Crippen molar-refractivity contribution in [3.8, 4) is 0 Å². The van der Waals surface area contributed by atoms with Crippen molar-refractivity contribution in [2.75, 3.05) is 26.2 Å².